The number of carboxylic acid groups (broad SMARTS) is 1. The molecule has 9 heteroatoms. The number of amides is 1. The number of carbonyl (C=O) groups excluding carboxylic acids is 1. The van der Waals surface area contributed by atoms with Crippen molar-refractivity contribution in [3.05, 3.63) is 12.0 Å². The second kappa shape index (κ2) is 4.22. The van der Waals surface area contributed by atoms with Crippen LogP contribution in [0.5, 0.6) is 0 Å². The molecule has 0 aliphatic carbocycles. The van der Waals surface area contributed by atoms with Gasteiger partial charge in [-0.05, 0) is 13.8 Å². The monoisotopic (exact) mass is 306 g/mol. The Labute approximate surface area is 115 Å². The van der Waals surface area contributed by atoms with Crippen molar-refractivity contribution >= 4 is 33.7 Å². The summed E-state index contributed by atoms with van der Waals surface area (Å²) in [5.41, 5.74) is 0. The number of aliphatic carboxylic acids is 1. The summed E-state index contributed by atoms with van der Waals surface area (Å²) in [6.45, 7) is 6.60. The molecule has 0 saturated carbocycles. The standard InChI is InChI=1S/C10H14N2O5S2/c1-4-19(16,17)11-5-7(13)12-6(9(14)15)10(2,3)18-8(5)12/h4-6,8,11H,1H2,2-3H3,(H,14,15)/t5-,6+,8-/m1/s1. The number of sulfonamides is 1. The number of hydrogen-bond acceptors (Lipinski definition) is 5. The summed E-state index contributed by atoms with van der Waals surface area (Å²) in [5, 5.41) is 9.43. The van der Waals surface area contributed by atoms with Crippen molar-refractivity contribution < 1.29 is 23.1 Å². The third-order valence-corrected chi connectivity index (χ3v) is 5.78. The zero-order valence-corrected chi connectivity index (χ0v) is 12.0. The molecule has 106 valence electrons. The van der Waals surface area contributed by atoms with E-state index < -0.39 is 44.1 Å². The van der Waals surface area contributed by atoms with Gasteiger partial charge in [0.25, 0.3) is 0 Å². The number of thioether (sulfide) groups is 1. The molecule has 0 spiro atoms. The number of nitrogens with one attached hydrogen (secondary N) is 1. The average Bonchev–Trinajstić information content (AvgIpc) is 2.55. The van der Waals surface area contributed by atoms with Crippen LogP contribution in [0.1, 0.15) is 13.8 Å². The molecule has 19 heavy (non-hydrogen) atoms. The predicted molar refractivity (Wildman–Crippen MR) is 69.8 cm³/mol. The van der Waals surface area contributed by atoms with E-state index in [1.807, 2.05) is 0 Å². The highest BCUT2D eigenvalue weighted by molar-refractivity contribution is 8.01. The van der Waals surface area contributed by atoms with Gasteiger partial charge in [0.2, 0.25) is 15.9 Å². The highest BCUT2D eigenvalue weighted by Crippen LogP contribution is 2.50. The van der Waals surface area contributed by atoms with Crippen molar-refractivity contribution in [2.75, 3.05) is 0 Å². The molecule has 3 atom stereocenters. The quantitative estimate of drug-likeness (QED) is 0.683. The summed E-state index contributed by atoms with van der Waals surface area (Å²) < 4.78 is 24.3. The average molecular weight is 306 g/mol. The van der Waals surface area contributed by atoms with Gasteiger partial charge >= 0.3 is 5.97 Å². The van der Waals surface area contributed by atoms with E-state index in [2.05, 4.69) is 11.3 Å². The van der Waals surface area contributed by atoms with Crippen molar-refractivity contribution in [1.29, 1.82) is 0 Å². The minimum atomic E-state index is -3.72. The summed E-state index contributed by atoms with van der Waals surface area (Å²) in [5.74, 6) is -1.60. The Morgan fingerprint density at radius 2 is 2.16 bits per heavy atom. The molecule has 2 rings (SSSR count). The van der Waals surface area contributed by atoms with E-state index in [4.69, 9.17) is 0 Å². The van der Waals surface area contributed by atoms with E-state index >= 15 is 0 Å². The third kappa shape index (κ3) is 2.15. The highest BCUT2D eigenvalue weighted by atomic mass is 32.2. The fraction of sp³-hybridized carbons (Fsp3) is 0.600. The predicted octanol–water partition coefficient (Wildman–Crippen LogP) is -0.435. The largest absolute Gasteiger partial charge is 0.480 e. The Hall–Kier alpha value is -1.06. The molecule has 0 bridgehead atoms. The molecule has 7 nitrogen and oxygen atoms in total. The lowest BCUT2D eigenvalue weighted by atomic mass is 9.96. The SMILES string of the molecule is C=CS(=O)(=O)N[C@@H]1C(=O)N2[C@@H]1SC(C)(C)[C@@H]2C(=O)O. The van der Waals surface area contributed by atoms with Crippen LogP contribution in [-0.4, -0.2) is 52.5 Å². The van der Waals surface area contributed by atoms with Crippen LogP contribution in [0.25, 0.3) is 0 Å². The van der Waals surface area contributed by atoms with Gasteiger partial charge in [-0.25, -0.2) is 13.2 Å². The van der Waals surface area contributed by atoms with Crippen LogP contribution in [0.15, 0.2) is 12.0 Å². The molecule has 2 heterocycles. The van der Waals surface area contributed by atoms with Crippen LogP contribution in [0.2, 0.25) is 0 Å². The zero-order valence-electron chi connectivity index (χ0n) is 10.4. The zero-order chi connectivity index (χ0) is 14.6. The summed E-state index contributed by atoms with van der Waals surface area (Å²) in [4.78, 5) is 24.4. The second-order valence-corrected chi connectivity index (χ2v) is 8.34. The van der Waals surface area contributed by atoms with Crippen LogP contribution in [-0.2, 0) is 19.6 Å². The number of β-lactam (4-membered cyclic amide) rings is 1. The lowest BCUT2D eigenvalue weighted by Gasteiger charge is -2.43. The summed E-state index contributed by atoms with van der Waals surface area (Å²) in [6, 6.07) is -1.86. The van der Waals surface area contributed by atoms with Crippen molar-refractivity contribution in [2.24, 2.45) is 0 Å². The van der Waals surface area contributed by atoms with Gasteiger partial charge in [-0.3, -0.25) is 4.79 Å². The molecule has 0 aromatic rings. The van der Waals surface area contributed by atoms with Crippen LogP contribution >= 0.6 is 11.8 Å². The van der Waals surface area contributed by atoms with E-state index in [-0.39, 0.29) is 0 Å². The Balaban J connectivity index is 2.24. The van der Waals surface area contributed by atoms with Gasteiger partial charge < -0.3 is 10.0 Å². The van der Waals surface area contributed by atoms with Gasteiger partial charge in [0.05, 0.1) is 0 Å². The van der Waals surface area contributed by atoms with Gasteiger partial charge in [0, 0.05) is 10.2 Å². The van der Waals surface area contributed by atoms with E-state index in [0.29, 0.717) is 0 Å². The number of fused-ring (bicyclic) bond motifs is 1. The van der Waals surface area contributed by atoms with Crippen LogP contribution in [0.4, 0.5) is 0 Å². The molecular weight excluding hydrogens is 292 g/mol. The fourth-order valence-electron chi connectivity index (χ4n) is 2.35. The highest BCUT2D eigenvalue weighted by Gasteiger charge is 2.64. The minimum absolute atomic E-state index is 0.488. The van der Waals surface area contributed by atoms with Crippen molar-refractivity contribution in [1.82, 2.24) is 9.62 Å². The van der Waals surface area contributed by atoms with Crippen LogP contribution in [0.3, 0.4) is 0 Å². The van der Waals surface area contributed by atoms with E-state index in [1.54, 1.807) is 13.8 Å². The van der Waals surface area contributed by atoms with Gasteiger partial charge in [-0.2, -0.15) is 4.72 Å². The molecule has 2 saturated heterocycles. The van der Waals surface area contributed by atoms with Crippen molar-refractivity contribution in [3.63, 3.8) is 0 Å². The maximum absolute atomic E-state index is 11.9. The topological polar surface area (TPSA) is 104 Å². The summed E-state index contributed by atoms with van der Waals surface area (Å²) in [6.07, 6.45) is 0. The number of carboxylic acids is 1. The molecule has 0 aromatic heterocycles. The molecule has 0 radical (unpaired) electrons. The molecule has 2 fully saturated rings. The molecule has 0 aromatic carbocycles. The number of nitrogens with zero attached hydrogens (tertiary/aromatic N) is 1. The fourth-order valence-corrected chi connectivity index (χ4v) is 4.74. The first-order chi connectivity index (χ1) is 8.60. The third-order valence-electron chi connectivity index (χ3n) is 3.19. The lowest BCUT2D eigenvalue weighted by molar-refractivity contribution is -0.159. The first-order valence-corrected chi connectivity index (χ1v) is 7.91. The van der Waals surface area contributed by atoms with Crippen molar-refractivity contribution in [3.8, 4) is 0 Å². The van der Waals surface area contributed by atoms with Gasteiger partial charge in [0.1, 0.15) is 17.5 Å². The molecule has 2 aliphatic rings. The van der Waals surface area contributed by atoms with Gasteiger partial charge in [0.15, 0.2) is 0 Å². The maximum atomic E-state index is 11.9. The van der Waals surface area contributed by atoms with Crippen LogP contribution in [0, 0.1) is 0 Å². The first kappa shape index (κ1) is 14.4. The van der Waals surface area contributed by atoms with Crippen molar-refractivity contribution in [2.45, 2.75) is 36.1 Å². The van der Waals surface area contributed by atoms with E-state index in [1.165, 1.54) is 16.7 Å². The molecule has 2 aliphatic heterocycles. The summed E-state index contributed by atoms with van der Waals surface area (Å²) >= 11 is 1.28. The molecule has 2 N–H and O–H groups in total. The van der Waals surface area contributed by atoms with E-state index in [9.17, 15) is 23.1 Å². The lowest BCUT2D eigenvalue weighted by Crippen LogP contribution is -2.70. The number of carbonyl (C=O) groups is 2. The minimum Gasteiger partial charge on any atom is -0.480 e. The Morgan fingerprint density at radius 1 is 1.58 bits per heavy atom. The normalized spacial score (nSPS) is 32.6. The Bertz CT molecular complexity index is 556. The molecule has 0 unspecified atom stereocenters. The Morgan fingerprint density at radius 3 is 2.63 bits per heavy atom. The van der Waals surface area contributed by atoms with Gasteiger partial charge in [-0.1, -0.05) is 6.58 Å². The summed E-state index contributed by atoms with van der Waals surface area (Å²) in [7, 11) is -3.72. The van der Waals surface area contributed by atoms with Crippen LogP contribution < -0.4 is 4.72 Å². The maximum Gasteiger partial charge on any atom is 0.327 e. The Kier molecular flexibility index (Phi) is 3.19. The second-order valence-electron chi connectivity index (χ2n) is 4.91. The van der Waals surface area contributed by atoms with Gasteiger partial charge in [-0.15, -0.1) is 11.8 Å². The molecule has 1 amide bonds. The number of hydrogen-bond donors (Lipinski definition) is 2. The van der Waals surface area contributed by atoms with E-state index in [0.717, 1.165) is 5.41 Å². The molecular formula is C10H14N2O5S2. The smallest absolute Gasteiger partial charge is 0.327 e. The number of rotatable bonds is 4. The first-order valence-electron chi connectivity index (χ1n) is 5.48.